The van der Waals surface area contributed by atoms with Crippen LogP contribution in [0.3, 0.4) is 0 Å². The Morgan fingerprint density at radius 2 is 1.89 bits per heavy atom. The minimum Gasteiger partial charge on any atom is -0.475 e. The molecule has 1 aliphatic heterocycles. The second kappa shape index (κ2) is 11.7. The third-order valence-electron chi connectivity index (χ3n) is 5.90. The lowest BCUT2D eigenvalue weighted by molar-refractivity contribution is 0.0458. The van der Waals surface area contributed by atoms with Crippen LogP contribution in [0.1, 0.15) is 44.0 Å². The van der Waals surface area contributed by atoms with Crippen LogP contribution in [-0.4, -0.2) is 61.2 Å². The first-order chi connectivity index (χ1) is 18.2. The summed E-state index contributed by atoms with van der Waals surface area (Å²) in [5, 5.41) is -0.343. The molecule has 1 saturated heterocycles. The minimum atomic E-state index is -4.25. The molecule has 1 fully saturated rings. The zero-order chi connectivity index (χ0) is 27.3. The van der Waals surface area contributed by atoms with Crippen LogP contribution in [0.2, 0.25) is 0 Å². The van der Waals surface area contributed by atoms with Gasteiger partial charge in [0.2, 0.25) is 5.88 Å². The van der Waals surface area contributed by atoms with Crippen LogP contribution in [-0.2, 0) is 14.8 Å². The van der Waals surface area contributed by atoms with Crippen molar-refractivity contribution in [1.82, 2.24) is 19.7 Å². The number of aromatic nitrogens is 3. The standard InChI is InChI=1S/C26H32N6O5S/c1-4-36-19-12-14-32(15-13-19)25-20(26(33)31-38(34,35)24-7-5-6-22(27)30-24)9-10-21(29-25)18-8-11-23(28-16-18)37-17(2)3/h5-11,16-17,19H,4,12-15H2,1-3H3,(H2,27,30)(H,31,33). The van der Waals surface area contributed by atoms with Gasteiger partial charge in [-0.2, -0.15) is 8.42 Å². The molecular formula is C26H32N6O5S. The molecule has 1 amide bonds. The summed E-state index contributed by atoms with van der Waals surface area (Å²) >= 11 is 0. The third kappa shape index (κ3) is 6.56. The van der Waals surface area contributed by atoms with E-state index in [0.717, 1.165) is 18.4 Å². The van der Waals surface area contributed by atoms with Crippen molar-refractivity contribution in [2.45, 2.75) is 50.8 Å². The molecule has 4 rings (SSSR count). The second-order valence-electron chi connectivity index (χ2n) is 9.10. The number of nitrogens with two attached hydrogens (primary N) is 1. The molecule has 0 spiro atoms. The molecule has 12 heteroatoms. The molecule has 0 aliphatic carbocycles. The maximum atomic E-state index is 13.3. The summed E-state index contributed by atoms with van der Waals surface area (Å²) in [6, 6.07) is 11.0. The van der Waals surface area contributed by atoms with E-state index in [1.54, 1.807) is 24.4 Å². The van der Waals surface area contributed by atoms with Crippen LogP contribution in [0, 0.1) is 0 Å². The van der Waals surface area contributed by atoms with Crippen LogP contribution in [0.4, 0.5) is 11.6 Å². The number of amides is 1. The van der Waals surface area contributed by atoms with Gasteiger partial charge in [-0.3, -0.25) is 4.79 Å². The Labute approximate surface area is 222 Å². The third-order valence-corrected chi connectivity index (χ3v) is 7.13. The normalized spacial score (nSPS) is 14.5. The molecule has 3 N–H and O–H groups in total. The SMILES string of the molecule is CCOC1CCN(c2nc(-c3ccc(OC(C)C)nc3)ccc2C(=O)NS(=O)(=O)c2cccc(N)n2)CC1. The first-order valence-electron chi connectivity index (χ1n) is 12.5. The van der Waals surface area contributed by atoms with Crippen molar-refractivity contribution in [3.8, 4) is 17.1 Å². The molecule has 1 aliphatic rings. The number of rotatable bonds is 9. The van der Waals surface area contributed by atoms with E-state index >= 15 is 0 Å². The Bertz CT molecular complexity index is 1370. The monoisotopic (exact) mass is 540 g/mol. The average Bonchev–Trinajstić information content (AvgIpc) is 2.89. The fourth-order valence-electron chi connectivity index (χ4n) is 4.15. The van der Waals surface area contributed by atoms with Gasteiger partial charge in [0.05, 0.1) is 23.5 Å². The van der Waals surface area contributed by atoms with Gasteiger partial charge in [-0.1, -0.05) is 6.07 Å². The number of nitrogen functional groups attached to an aromatic ring is 1. The van der Waals surface area contributed by atoms with Gasteiger partial charge in [-0.25, -0.2) is 19.7 Å². The van der Waals surface area contributed by atoms with E-state index in [1.807, 2.05) is 31.7 Å². The summed E-state index contributed by atoms with van der Waals surface area (Å²) in [5.41, 5.74) is 7.08. The number of nitrogens with one attached hydrogen (secondary N) is 1. The topological polar surface area (TPSA) is 150 Å². The van der Waals surface area contributed by atoms with E-state index < -0.39 is 15.9 Å². The highest BCUT2D eigenvalue weighted by Crippen LogP contribution is 2.28. The summed E-state index contributed by atoms with van der Waals surface area (Å²) in [6.07, 6.45) is 3.30. The van der Waals surface area contributed by atoms with Gasteiger partial charge in [0, 0.05) is 37.5 Å². The van der Waals surface area contributed by atoms with Gasteiger partial charge in [0.25, 0.3) is 15.9 Å². The quantitative estimate of drug-likeness (QED) is 0.415. The van der Waals surface area contributed by atoms with Gasteiger partial charge >= 0.3 is 0 Å². The van der Waals surface area contributed by atoms with Gasteiger partial charge in [0.1, 0.15) is 11.6 Å². The van der Waals surface area contributed by atoms with Crippen molar-refractivity contribution in [1.29, 1.82) is 0 Å². The number of piperidine rings is 1. The first kappa shape index (κ1) is 27.3. The van der Waals surface area contributed by atoms with E-state index in [1.165, 1.54) is 18.2 Å². The molecule has 38 heavy (non-hydrogen) atoms. The van der Waals surface area contributed by atoms with E-state index in [4.69, 9.17) is 20.2 Å². The molecule has 4 heterocycles. The maximum absolute atomic E-state index is 13.3. The predicted molar refractivity (Wildman–Crippen MR) is 143 cm³/mol. The highest BCUT2D eigenvalue weighted by Gasteiger charge is 2.28. The van der Waals surface area contributed by atoms with E-state index in [9.17, 15) is 13.2 Å². The highest BCUT2D eigenvalue weighted by molar-refractivity contribution is 7.90. The van der Waals surface area contributed by atoms with E-state index in [-0.39, 0.29) is 28.6 Å². The van der Waals surface area contributed by atoms with Gasteiger partial charge in [-0.05, 0) is 63.9 Å². The molecule has 0 bridgehead atoms. The maximum Gasteiger partial charge on any atom is 0.281 e. The van der Waals surface area contributed by atoms with Crippen LogP contribution in [0.25, 0.3) is 11.3 Å². The Morgan fingerprint density at radius 1 is 1.13 bits per heavy atom. The summed E-state index contributed by atoms with van der Waals surface area (Å²) < 4.78 is 39.2. The molecule has 202 valence electrons. The Balaban J connectivity index is 1.65. The number of hydrogen-bond donors (Lipinski definition) is 2. The van der Waals surface area contributed by atoms with Crippen LogP contribution in [0.15, 0.2) is 53.7 Å². The zero-order valence-corrected chi connectivity index (χ0v) is 22.4. The first-order valence-corrected chi connectivity index (χ1v) is 13.9. The number of nitrogens with zero attached hydrogens (tertiary/aromatic N) is 4. The van der Waals surface area contributed by atoms with Crippen molar-refractivity contribution in [3.63, 3.8) is 0 Å². The lowest BCUT2D eigenvalue weighted by Gasteiger charge is -2.33. The summed E-state index contributed by atoms with van der Waals surface area (Å²) in [4.78, 5) is 28.2. The number of hydrogen-bond acceptors (Lipinski definition) is 10. The summed E-state index contributed by atoms with van der Waals surface area (Å²) in [5.74, 6) is 0.100. The number of carbonyl (C=O) groups is 1. The van der Waals surface area contributed by atoms with Crippen molar-refractivity contribution in [2.24, 2.45) is 0 Å². The van der Waals surface area contributed by atoms with E-state index in [0.29, 0.717) is 37.1 Å². The van der Waals surface area contributed by atoms with Crippen LogP contribution in [0.5, 0.6) is 5.88 Å². The molecule has 0 aromatic carbocycles. The number of anilines is 2. The average molecular weight is 541 g/mol. The minimum absolute atomic E-state index is 0.00528. The number of pyridine rings is 3. The molecule has 0 saturated carbocycles. The highest BCUT2D eigenvalue weighted by atomic mass is 32.2. The predicted octanol–water partition coefficient (Wildman–Crippen LogP) is 3.03. The van der Waals surface area contributed by atoms with Gasteiger partial charge in [0.15, 0.2) is 5.03 Å². The van der Waals surface area contributed by atoms with Crippen molar-refractivity contribution in [3.05, 3.63) is 54.2 Å². The van der Waals surface area contributed by atoms with Crippen molar-refractivity contribution < 1.29 is 22.7 Å². The number of carbonyl (C=O) groups excluding carboxylic acids is 1. The lowest BCUT2D eigenvalue weighted by Crippen LogP contribution is -2.39. The van der Waals surface area contributed by atoms with Gasteiger partial charge < -0.3 is 20.1 Å². The fourth-order valence-corrected chi connectivity index (χ4v) is 5.09. The smallest absolute Gasteiger partial charge is 0.281 e. The molecular weight excluding hydrogens is 508 g/mol. The molecule has 0 atom stereocenters. The Hall–Kier alpha value is -3.77. The number of ether oxygens (including phenoxy) is 2. The number of sulfonamides is 1. The zero-order valence-electron chi connectivity index (χ0n) is 21.6. The lowest BCUT2D eigenvalue weighted by atomic mass is 10.1. The van der Waals surface area contributed by atoms with Crippen LogP contribution < -0.4 is 20.1 Å². The van der Waals surface area contributed by atoms with E-state index in [2.05, 4.69) is 14.7 Å². The molecule has 11 nitrogen and oxygen atoms in total. The summed E-state index contributed by atoms with van der Waals surface area (Å²) in [7, 11) is -4.25. The Kier molecular flexibility index (Phi) is 8.42. The summed E-state index contributed by atoms with van der Waals surface area (Å²) in [6.45, 7) is 7.64. The van der Waals surface area contributed by atoms with Crippen LogP contribution >= 0.6 is 0 Å². The van der Waals surface area contributed by atoms with Crippen molar-refractivity contribution in [2.75, 3.05) is 30.3 Å². The molecule has 0 unspecified atom stereocenters. The van der Waals surface area contributed by atoms with Gasteiger partial charge in [-0.15, -0.1) is 0 Å². The second-order valence-corrected chi connectivity index (χ2v) is 10.7. The molecule has 3 aromatic heterocycles. The molecule has 3 aromatic rings. The largest absolute Gasteiger partial charge is 0.475 e. The molecule has 0 radical (unpaired) electrons. The van der Waals surface area contributed by atoms with Crippen molar-refractivity contribution >= 4 is 27.6 Å². The Morgan fingerprint density at radius 3 is 2.53 bits per heavy atom. The fraction of sp³-hybridized carbons (Fsp3) is 0.385.